The highest BCUT2D eigenvalue weighted by Crippen LogP contribution is 2.32. The SMILES string of the molecule is CC.Cc1c(SNc2ccc(C#N)cc2F)c[nH]c1-c1ccccc1. The van der Waals surface area contributed by atoms with Crippen LogP contribution >= 0.6 is 11.9 Å². The molecule has 1 aromatic heterocycles. The van der Waals surface area contributed by atoms with Gasteiger partial charge in [-0.1, -0.05) is 44.2 Å². The molecule has 25 heavy (non-hydrogen) atoms. The fourth-order valence-electron chi connectivity index (χ4n) is 2.27. The van der Waals surface area contributed by atoms with Gasteiger partial charge in [-0.05, 0) is 48.2 Å². The lowest BCUT2D eigenvalue weighted by molar-refractivity contribution is 0.632. The first kappa shape index (κ1) is 18.6. The van der Waals surface area contributed by atoms with E-state index in [4.69, 9.17) is 5.26 Å². The van der Waals surface area contributed by atoms with Crippen LogP contribution in [-0.2, 0) is 0 Å². The molecule has 5 heteroatoms. The van der Waals surface area contributed by atoms with E-state index in [0.717, 1.165) is 21.7 Å². The Labute approximate surface area is 152 Å². The van der Waals surface area contributed by atoms with Gasteiger partial charge in [-0.15, -0.1) is 0 Å². The summed E-state index contributed by atoms with van der Waals surface area (Å²) in [6.07, 6.45) is 1.90. The van der Waals surface area contributed by atoms with E-state index in [1.807, 2.05) is 63.4 Å². The van der Waals surface area contributed by atoms with Crippen molar-refractivity contribution >= 4 is 17.6 Å². The van der Waals surface area contributed by atoms with Gasteiger partial charge in [0.15, 0.2) is 0 Å². The zero-order valence-electron chi connectivity index (χ0n) is 14.4. The van der Waals surface area contributed by atoms with Crippen molar-refractivity contribution < 1.29 is 4.39 Å². The van der Waals surface area contributed by atoms with Crippen molar-refractivity contribution in [2.24, 2.45) is 0 Å². The van der Waals surface area contributed by atoms with Gasteiger partial charge in [0.2, 0.25) is 0 Å². The van der Waals surface area contributed by atoms with E-state index in [2.05, 4.69) is 9.71 Å². The van der Waals surface area contributed by atoms with Crippen LogP contribution in [0.15, 0.2) is 59.6 Å². The topological polar surface area (TPSA) is 51.6 Å². The fraction of sp³-hybridized carbons (Fsp3) is 0.150. The summed E-state index contributed by atoms with van der Waals surface area (Å²) in [5.41, 5.74) is 3.93. The van der Waals surface area contributed by atoms with E-state index in [0.29, 0.717) is 11.3 Å². The summed E-state index contributed by atoms with van der Waals surface area (Å²) < 4.78 is 16.9. The summed E-state index contributed by atoms with van der Waals surface area (Å²) in [5.74, 6) is -0.437. The Kier molecular flexibility index (Phi) is 6.67. The van der Waals surface area contributed by atoms with E-state index in [1.54, 1.807) is 12.1 Å². The van der Waals surface area contributed by atoms with Gasteiger partial charge in [-0.2, -0.15) is 5.26 Å². The number of nitrogens with one attached hydrogen (secondary N) is 2. The molecular weight excluding hydrogens is 333 g/mol. The molecule has 2 N–H and O–H groups in total. The minimum Gasteiger partial charge on any atom is -0.360 e. The largest absolute Gasteiger partial charge is 0.360 e. The van der Waals surface area contributed by atoms with Crippen LogP contribution in [0, 0.1) is 24.1 Å². The van der Waals surface area contributed by atoms with Gasteiger partial charge in [0.1, 0.15) is 5.82 Å². The molecule has 0 aliphatic heterocycles. The molecule has 128 valence electrons. The Morgan fingerprint density at radius 1 is 1.12 bits per heavy atom. The lowest BCUT2D eigenvalue weighted by Gasteiger charge is -2.07. The Bertz CT molecular complexity index is 866. The highest BCUT2D eigenvalue weighted by atomic mass is 32.2. The molecule has 3 rings (SSSR count). The molecule has 0 unspecified atom stereocenters. The molecule has 0 saturated carbocycles. The maximum Gasteiger partial charge on any atom is 0.148 e. The second-order valence-corrected chi connectivity index (χ2v) is 5.88. The zero-order chi connectivity index (χ0) is 18.2. The van der Waals surface area contributed by atoms with Crippen LogP contribution < -0.4 is 4.72 Å². The molecular formula is C20H20FN3S. The third-order valence-corrected chi connectivity index (χ3v) is 4.49. The van der Waals surface area contributed by atoms with E-state index < -0.39 is 5.82 Å². The molecule has 3 nitrogen and oxygen atoms in total. The van der Waals surface area contributed by atoms with E-state index in [-0.39, 0.29) is 0 Å². The highest BCUT2D eigenvalue weighted by molar-refractivity contribution is 8.00. The predicted octanol–water partition coefficient (Wildman–Crippen LogP) is 6.15. The summed E-state index contributed by atoms with van der Waals surface area (Å²) in [6.45, 7) is 6.03. The summed E-state index contributed by atoms with van der Waals surface area (Å²) >= 11 is 1.34. The summed E-state index contributed by atoms with van der Waals surface area (Å²) in [4.78, 5) is 4.25. The van der Waals surface area contributed by atoms with Gasteiger partial charge in [-0.25, -0.2) is 4.39 Å². The van der Waals surface area contributed by atoms with Crippen LogP contribution in [-0.4, -0.2) is 4.98 Å². The molecule has 0 fully saturated rings. The minimum absolute atomic E-state index is 0.308. The number of rotatable bonds is 4. The highest BCUT2D eigenvalue weighted by Gasteiger charge is 2.10. The van der Waals surface area contributed by atoms with Crippen molar-refractivity contribution in [3.8, 4) is 17.3 Å². The monoisotopic (exact) mass is 353 g/mol. The molecule has 1 heterocycles. The zero-order valence-corrected chi connectivity index (χ0v) is 15.2. The van der Waals surface area contributed by atoms with Crippen LogP contribution in [0.5, 0.6) is 0 Å². The molecule has 0 aliphatic rings. The van der Waals surface area contributed by atoms with Crippen molar-refractivity contribution in [3.63, 3.8) is 0 Å². The Balaban J connectivity index is 0.00000109. The summed E-state index contributed by atoms with van der Waals surface area (Å²) in [6, 6.07) is 16.4. The van der Waals surface area contributed by atoms with Crippen LogP contribution in [0.25, 0.3) is 11.3 Å². The third kappa shape index (κ3) is 4.43. The Morgan fingerprint density at radius 2 is 1.84 bits per heavy atom. The first-order chi connectivity index (χ1) is 12.2. The van der Waals surface area contributed by atoms with Crippen molar-refractivity contribution in [3.05, 3.63) is 71.7 Å². The lowest BCUT2D eigenvalue weighted by atomic mass is 10.1. The molecule has 0 radical (unpaired) electrons. The molecule has 0 bridgehead atoms. The standard InChI is InChI=1S/C18H14FN3S.C2H6/c1-12-17(11-21-18(12)14-5-3-2-4-6-14)23-22-16-8-7-13(10-20)9-15(16)19;1-2/h2-9,11,21-22H,1H3;1-2H3. The predicted molar refractivity (Wildman–Crippen MR) is 103 cm³/mol. The van der Waals surface area contributed by atoms with Gasteiger partial charge >= 0.3 is 0 Å². The van der Waals surface area contributed by atoms with Gasteiger partial charge in [0.05, 0.1) is 17.3 Å². The number of hydrogen-bond acceptors (Lipinski definition) is 3. The Morgan fingerprint density at radius 3 is 2.48 bits per heavy atom. The van der Waals surface area contributed by atoms with E-state index in [1.165, 1.54) is 18.0 Å². The fourth-order valence-corrected chi connectivity index (χ4v) is 3.02. The minimum atomic E-state index is -0.437. The average Bonchev–Trinajstić information content (AvgIpc) is 3.03. The number of hydrogen-bond donors (Lipinski definition) is 2. The van der Waals surface area contributed by atoms with Gasteiger partial charge in [0.25, 0.3) is 0 Å². The molecule has 0 saturated heterocycles. The summed E-state index contributed by atoms with van der Waals surface area (Å²) in [7, 11) is 0. The average molecular weight is 353 g/mol. The molecule has 0 spiro atoms. The molecule has 0 aliphatic carbocycles. The molecule has 0 atom stereocenters. The second-order valence-electron chi connectivity index (χ2n) is 5.03. The first-order valence-corrected chi connectivity index (χ1v) is 8.86. The van der Waals surface area contributed by atoms with E-state index >= 15 is 0 Å². The number of aromatic amines is 1. The maximum absolute atomic E-state index is 13.9. The van der Waals surface area contributed by atoms with Crippen LogP contribution in [0.2, 0.25) is 0 Å². The van der Waals surface area contributed by atoms with Crippen molar-refractivity contribution in [1.29, 1.82) is 5.26 Å². The normalized spacial score (nSPS) is 9.72. The van der Waals surface area contributed by atoms with Crippen LogP contribution in [0.3, 0.4) is 0 Å². The van der Waals surface area contributed by atoms with E-state index in [9.17, 15) is 4.39 Å². The Hall–Kier alpha value is -2.71. The molecule has 2 aromatic carbocycles. The van der Waals surface area contributed by atoms with Gasteiger partial charge in [-0.3, -0.25) is 0 Å². The number of anilines is 1. The molecule has 3 aromatic rings. The van der Waals surface area contributed by atoms with Crippen LogP contribution in [0.4, 0.5) is 10.1 Å². The van der Waals surface area contributed by atoms with Gasteiger partial charge in [0, 0.05) is 16.8 Å². The van der Waals surface area contributed by atoms with Crippen LogP contribution in [0.1, 0.15) is 25.0 Å². The summed E-state index contributed by atoms with van der Waals surface area (Å²) in [5, 5.41) is 8.76. The number of H-pyrrole nitrogens is 1. The smallest absolute Gasteiger partial charge is 0.148 e. The number of nitriles is 1. The number of aromatic nitrogens is 1. The second kappa shape index (κ2) is 8.95. The number of nitrogens with zero attached hydrogens (tertiary/aromatic N) is 1. The first-order valence-electron chi connectivity index (χ1n) is 8.05. The molecule has 0 amide bonds. The van der Waals surface area contributed by atoms with Crippen molar-refractivity contribution in [2.75, 3.05) is 4.72 Å². The quantitative estimate of drug-likeness (QED) is 0.553. The van der Waals surface area contributed by atoms with Crippen molar-refractivity contribution in [1.82, 2.24) is 4.98 Å². The van der Waals surface area contributed by atoms with Crippen molar-refractivity contribution in [2.45, 2.75) is 25.7 Å². The van der Waals surface area contributed by atoms with Gasteiger partial charge < -0.3 is 9.71 Å². The lowest BCUT2D eigenvalue weighted by Crippen LogP contribution is -1.92. The number of benzene rings is 2. The number of halogens is 1. The maximum atomic E-state index is 13.9. The third-order valence-electron chi connectivity index (χ3n) is 3.52.